The average Bonchev–Trinajstić information content (AvgIpc) is 2.67. The van der Waals surface area contributed by atoms with Gasteiger partial charge >= 0.3 is 6.03 Å². The van der Waals surface area contributed by atoms with Crippen LogP contribution in [-0.4, -0.2) is 26.2 Å². The number of urea groups is 1. The zero-order chi connectivity index (χ0) is 20.3. The predicted molar refractivity (Wildman–Crippen MR) is 109 cm³/mol. The molecule has 0 aliphatic carbocycles. The number of halogens is 1. The van der Waals surface area contributed by atoms with E-state index in [0.717, 1.165) is 10.0 Å². The molecule has 1 aliphatic rings. The van der Waals surface area contributed by atoms with E-state index in [0.29, 0.717) is 28.5 Å². The molecule has 1 heterocycles. The van der Waals surface area contributed by atoms with E-state index in [9.17, 15) is 9.59 Å². The smallest absolute Gasteiger partial charge is 0.319 e. The molecule has 2 aromatic rings. The summed E-state index contributed by atoms with van der Waals surface area (Å²) in [5.74, 6) is 0.730. The zero-order valence-corrected chi connectivity index (χ0v) is 17.2. The Labute approximate surface area is 171 Å². The van der Waals surface area contributed by atoms with Crippen LogP contribution in [0.2, 0.25) is 0 Å². The number of benzene rings is 2. The van der Waals surface area contributed by atoms with Crippen molar-refractivity contribution in [3.8, 4) is 11.5 Å². The Balaban J connectivity index is 1.97. The van der Waals surface area contributed by atoms with E-state index < -0.39 is 6.04 Å². The Kier molecular flexibility index (Phi) is 5.89. The largest absolute Gasteiger partial charge is 0.497 e. The monoisotopic (exact) mass is 445 g/mol. The molecule has 0 radical (unpaired) electrons. The summed E-state index contributed by atoms with van der Waals surface area (Å²) in [5, 5.41) is 8.34. The van der Waals surface area contributed by atoms with Crippen molar-refractivity contribution >= 4 is 33.6 Å². The number of methoxy groups -OCH3 is 2. The van der Waals surface area contributed by atoms with E-state index in [1.54, 1.807) is 32.2 Å². The number of hydrogen-bond donors (Lipinski definition) is 3. The van der Waals surface area contributed by atoms with Crippen LogP contribution in [0.15, 0.2) is 58.2 Å². The van der Waals surface area contributed by atoms with E-state index in [1.807, 2.05) is 24.3 Å². The van der Waals surface area contributed by atoms with Gasteiger partial charge < -0.3 is 25.4 Å². The van der Waals surface area contributed by atoms with Gasteiger partial charge in [-0.3, -0.25) is 4.79 Å². The molecule has 7 nitrogen and oxygen atoms in total. The Bertz CT molecular complexity index is 958. The number of allylic oxidation sites excluding steroid dienone is 1. The number of amides is 3. The Morgan fingerprint density at radius 2 is 1.89 bits per heavy atom. The van der Waals surface area contributed by atoms with Gasteiger partial charge in [-0.1, -0.05) is 34.1 Å². The highest BCUT2D eigenvalue weighted by atomic mass is 79.9. The standard InChI is InChI=1S/C20H20BrN3O4/c1-11-17(18(24-20(26)22-11)13-6-4-5-7-14(13)21)19(25)23-15-9-8-12(27-2)10-16(15)28-3/h4-10,18H,1-3H3,(H,23,25)(H2,22,24,26). The molecule has 1 atom stereocenters. The lowest BCUT2D eigenvalue weighted by Gasteiger charge is -2.29. The van der Waals surface area contributed by atoms with Gasteiger partial charge in [0.05, 0.1) is 31.5 Å². The Morgan fingerprint density at radius 1 is 1.14 bits per heavy atom. The number of ether oxygens (including phenoxy) is 2. The van der Waals surface area contributed by atoms with E-state index in [2.05, 4.69) is 31.9 Å². The first-order valence-electron chi connectivity index (χ1n) is 8.50. The number of carbonyl (C=O) groups excluding carboxylic acids is 2. The number of nitrogens with one attached hydrogen (secondary N) is 3. The Morgan fingerprint density at radius 3 is 2.57 bits per heavy atom. The molecular formula is C20H20BrN3O4. The van der Waals surface area contributed by atoms with Crippen LogP contribution in [-0.2, 0) is 4.79 Å². The minimum Gasteiger partial charge on any atom is -0.497 e. The predicted octanol–water partition coefficient (Wildman–Crippen LogP) is 3.73. The summed E-state index contributed by atoms with van der Waals surface area (Å²) in [6, 6.07) is 11.6. The molecule has 0 spiro atoms. The molecule has 0 saturated heterocycles. The lowest BCUT2D eigenvalue weighted by molar-refractivity contribution is -0.113. The molecule has 0 fully saturated rings. The van der Waals surface area contributed by atoms with Crippen LogP contribution in [0, 0.1) is 0 Å². The van der Waals surface area contributed by atoms with Gasteiger partial charge in [-0.15, -0.1) is 0 Å². The van der Waals surface area contributed by atoms with E-state index in [-0.39, 0.29) is 11.9 Å². The summed E-state index contributed by atoms with van der Waals surface area (Å²) in [4.78, 5) is 25.2. The third kappa shape index (κ3) is 3.96. The molecule has 3 rings (SSSR count). The fraction of sp³-hybridized carbons (Fsp3) is 0.200. The van der Waals surface area contributed by atoms with Gasteiger partial charge in [0.15, 0.2) is 0 Å². The summed E-state index contributed by atoms with van der Waals surface area (Å²) in [7, 11) is 3.07. The van der Waals surface area contributed by atoms with E-state index >= 15 is 0 Å². The van der Waals surface area contributed by atoms with Gasteiger partial charge in [0.1, 0.15) is 11.5 Å². The van der Waals surface area contributed by atoms with Crippen LogP contribution in [0.1, 0.15) is 18.5 Å². The minimum absolute atomic E-state index is 0.353. The lowest BCUT2D eigenvalue weighted by Crippen LogP contribution is -2.46. The lowest BCUT2D eigenvalue weighted by atomic mass is 9.95. The fourth-order valence-electron chi connectivity index (χ4n) is 3.03. The summed E-state index contributed by atoms with van der Waals surface area (Å²) < 4.78 is 11.3. The molecule has 3 amide bonds. The quantitative estimate of drug-likeness (QED) is 0.653. The molecule has 0 bridgehead atoms. The SMILES string of the molecule is COc1ccc(NC(=O)C2=C(C)NC(=O)NC2c2ccccc2Br)c(OC)c1. The van der Waals surface area contributed by atoms with Crippen molar-refractivity contribution < 1.29 is 19.1 Å². The molecule has 2 aromatic carbocycles. The highest BCUT2D eigenvalue weighted by Crippen LogP contribution is 2.34. The van der Waals surface area contributed by atoms with E-state index in [1.165, 1.54) is 7.11 Å². The van der Waals surface area contributed by atoms with Crippen molar-refractivity contribution in [3.05, 3.63) is 63.8 Å². The number of hydrogen-bond acceptors (Lipinski definition) is 4. The first-order valence-corrected chi connectivity index (χ1v) is 9.30. The van der Waals surface area contributed by atoms with Crippen LogP contribution in [0.4, 0.5) is 10.5 Å². The van der Waals surface area contributed by atoms with Crippen molar-refractivity contribution in [2.75, 3.05) is 19.5 Å². The number of carbonyl (C=O) groups is 2. The normalized spacial score (nSPS) is 16.1. The highest BCUT2D eigenvalue weighted by Gasteiger charge is 2.32. The second-order valence-corrected chi connectivity index (χ2v) is 6.97. The first-order chi connectivity index (χ1) is 13.4. The van der Waals surface area contributed by atoms with Crippen LogP contribution in [0.5, 0.6) is 11.5 Å². The Hall–Kier alpha value is -3.00. The molecule has 8 heteroatoms. The maximum Gasteiger partial charge on any atom is 0.319 e. The second-order valence-electron chi connectivity index (χ2n) is 6.11. The molecule has 3 N–H and O–H groups in total. The maximum atomic E-state index is 13.1. The average molecular weight is 446 g/mol. The van der Waals surface area contributed by atoms with Crippen LogP contribution >= 0.6 is 15.9 Å². The van der Waals surface area contributed by atoms with Crippen molar-refractivity contribution in [2.24, 2.45) is 0 Å². The van der Waals surface area contributed by atoms with Crippen molar-refractivity contribution in [1.29, 1.82) is 0 Å². The summed E-state index contributed by atoms with van der Waals surface area (Å²) in [5.41, 5.74) is 2.17. The zero-order valence-electron chi connectivity index (χ0n) is 15.6. The van der Waals surface area contributed by atoms with Gasteiger partial charge in [-0.2, -0.15) is 0 Å². The van der Waals surface area contributed by atoms with Gasteiger partial charge in [0.25, 0.3) is 5.91 Å². The number of anilines is 1. The molecule has 1 aliphatic heterocycles. The summed E-state index contributed by atoms with van der Waals surface area (Å²) in [6.07, 6.45) is 0. The minimum atomic E-state index is -0.603. The van der Waals surface area contributed by atoms with Crippen molar-refractivity contribution in [3.63, 3.8) is 0 Å². The third-order valence-corrected chi connectivity index (χ3v) is 5.11. The first kappa shape index (κ1) is 19.8. The number of rotatable bonds is 5. The molecule has 0 saturated carbocycles. The van der Waals surface area contributed by atoms with Gasteiger partial charge in [0.2, 0.25) is 0 Å². The van der Waals surface area contributed by atoms with Crippen LogP contribution < -0.4 is 25.4 Å². The van der Waals surface area contributed by atoms with Crippen LogP contribution in [0.3, 0.4) is 0 Å². The topological polar surface area (TPSA) is 88.7 Å². The molecule has 146 valence electrons. The molecule has 28 heavy (non-hydrogen) atoms. The van der Waals surface area contributed by atoms with Gasteiger partial charge in [0, 0.05) is 16.2 Å². The van der Waals surface area contributed by atoms with Crippen LogP contribution in [0.25, 0.3) is 0 Å². The summed E-state index contributed by atoms with van der Waals surface area (Å²) >= 11 is 3.49. The third-order valence-electron chi connectivity index (χ3n) is 4.39. The highest BCUT2D eigenvalue weighted by molar-refractivity contribution is 9.10. The molecular weight excluding hydrogens is 426 g/mol. The second kappa shape index (κ2) is 8.35. The fourth-order valence-corrected chi connectivity index (χ4v) is 3.54. The van der Waals surface area contributed by atoms with E-state index in [4.69, 9.17) is 9.47 Å². The van der Waals surface area contributed by atoms with Gasteiger partial charge in [-0.05, 0) is 30.7 Å². The summed E-state index contributed by atoms with van der Waals surface area (Å²) in [6.45, 7) is 1.70. The maximum absolute atomic E-state index is 13.1. The molecule has 0 aromatic heterocycles. The van der Waals surface area contributed by atoms with Crippen molar-refractivity contribution in [1.82, 2.24) is 10.6 Å². The molecule has 1 unspecified atom stereocenters. The van der Waals surface area contributed by atoms with Gasteiger partial charge in [-0.25, -0.2) is 4.79 Å². The van der Waals surface area contributed by atoms with Crippen molar-refractivity contribution in [2.45, 2.75) is 13.0 Å².